The monoisotopic (exact) mass is 220 g/mol. The van der Waals surface area contributed by atoms with Gasteiger partial charge in [-0.25, -0.2) is 0 Å². The van der Waals surface area contributed by atoms with E-state index in [2.05, 4.69) is 20.8 Å². The zero-order valence-electron chi connectivity index (χ0n) is 9.07. The smallest absolute Gasteiger partial charge is 0.241 e. The second kappa shape index (κ2) is 3.90. The number of carbonyl (C=O) groups is 1. The maximum absolute atomic E-state index is 12.0. The van der Waals surface area contributed by atoms with Crippen molar-refractivity contribution in [2.24, 2.45) is 11.8 Å². The first-order chi connectivity index (χ1) is 7.84. The van der Waals surface area contributed by atoms with Crippen LogP contribution in [0.15, 0.2) is 12.4 Å². The fraction of sp³-hybridized carbons (Fsp3) is 0.636. The van der Waals surface area contributed by atoms with E-state index in [1.165, 1.54) is 19.3 Å². The lowest BCUT2D eigenvalue weighted by molar-refractivity contribution is -0.118. The van der Waals surface area contributed by atoms with Crippen LogP contribution in [0, 0.1) is 11.8 Å². The Labute approximate surface area is 94.0 Å². The minimum Gasteiger partial charge on any atom is -0.322 e. The SMILES string of the molecule is O=C(Nc1cn[nH]c1)C1NCC2CCCC21. The molecular weight excluding hydrogens is 204 g/mol. The highest BCUT2D eigenvalue weighted by Gasteiger charge is 2.42. The summed E-state index contributed by atoms with van der Waals surface area (Å²) in [6.07, 6.45) is 7.04. The zero-order chi connectivity index (χ0) is 11.0. The number of H-pyrrole nitrogens is 1. The first kappa shape index (κ1) is 9.84. The predicted molar refractivity (Wildman–Crippen MR) is 59.8 cm³/mol. The number of rotatable bonds is 2. The van der Waals surface area contributed by atoms with Gasteiger partial charge in [0, 0.05) is 6.20 Å². The van der Waals surface area contributed by atoms with Gasteiger partial charge in [-0.3, -0.25) is 9.89 Å². The molecule has 3 atom stereocenters. The van der Waals surface area contributed by atoms with Gasteiger partial charge in [0.05, 0.1) is 17.9 Å². The molecule has 1 amide bonds. The Hall–Kier alpha value is -1.36. The van der Waals surface area contributed by atoms with Crippen LogP contribution in [-0.4, -0.2) is 28.7 Å². The van der Waals surface area contributed by atoms with Gasteiger partial charge in [0.15, 0.2) is 0 Å². The Morgan fingerprint density at radius 2 is 2.44 bits per heavy atom. The van der Waals surface area contributed by atoms with Gasteiger partial charge in [0.1, 0.15) is 0 Å². The average Bonchev–Trinajstić information content (AvgIpc) is 2.92. The number of nitrogens with zero attached hydrogens (tertiary/aromatic N) is 1. The van der Waals surface area contributed by atoms with Crippen molar-refractivity contribution in [3.05, 3.63) is 12.4 Å². The molecule has 1 aromatic heterocycles. The fourth-order valence-corrected chi connectivity index (χ4v) is 3.01. The molecule has 1 aromatic rings. The van der Waals surface area contributed by atoms with Gasteiger partial charge >= 0.3 is 0 Å². The molecule has 1 saturated carbocycles. The molecule has 0 radical (unpaired) electrons. The number of aromatic amines is 1. The van der Waals surface area contributed by atoms with Crippen molar-refractivity contribution in [2.75, 3.05) is 11.9 Å². The van der Waals surface area contributed by atoms with Gasteiger partial charge in [-0.1, -0.05) is 6.42 Å². The summed E-state index contributed by atoms with van der Waals surface area (Å²) in [6, 6.07) is -0.0117. The Balaban J connectivity index is 1.67. The van der Waals surface area contributed by atoms with Crippen molar-refractivity contribution < 1.29 is 4.79 Å². The molecule has 0 spiro atoms. The van der Waals surface area contributed by atoms with Crippen molar-refractivity contribution in [3.63, 3.8) is 0 Å². The lowest BCUT2D eigenvalue weighted by Gasteiger charge is -2.16. The Morgan fingerprint density at radius 3 is 3.25 bits per heavy atom. The van der Waals surface area contributed by atoms with Crippen LogP contribution < -0.4 is 10.6 Å². The predicted octanol–water partition coefficient (Wildman–Crippen LogP) is 0.736. The number of hydrogen-bond donors (Lipinski definition) is 3. The fourth-order valence-electron chi connectivity index (χ4n) is 3.01. The molecule has 86 valence electrons. The average molecular weight is 220 g/mol. The minimum atomic E-state index is -0.0117. The molecule has 1 aliphatic heterocycles. The number of hydrogen-bond acceptors (Lipinski definition) is 3. The van der Waals surface area contributed by atoms with Crippen LogP contribution in [0.3, 0.4) is 0 Å². The molecule has 16 heavy (non-hydrogen) atoms. The largest absolute Gasteiger partial charge is 0.322 e. The third-order valence-corrected chi connectivity index (χ3v) is 3.79. The molecule has 2 fully saturated rings. The molecule has 1 saturated heterocycles. The van der Waals surface area contributed by atoms with Crippen LogP contribution in [0.5, 0.6) is 0 Å². The number of aromatic nitrogens is 2. The molecule has 2 heterocycles. The van der Waals surface area contributed by atoms with Crippen LogP contribution in [0.4, 0.5) is 5.69 Å². The van der Waals surface area contributed by atoms with Gasteiger partial charge in [0.2, 0.25) is 5.91 Å². The number of carbonyl (C=O) groups excluding carboxylic acids is 1. The lowest BCUT2D eigenvalue weighted by Crippen LogP contribution is -2.39. The van der Waals surface area contributed by atoms with Crippen LogP contribution in [0.1, 0.15) is 19.3 Å². The lowest BCUT2D eigenvalue weighted by atomic mass is 9.93. The molecule has 0 bridgehead atoms. The highest BCUT2D eigenvalue weighted by Crippen LogP contribution is 2.37. The number of fused-ring (bicyclic) bond motifs is 1. The Bertz CT molecular complexity index is 375. The van der Waals surface area contributed by atoms with E-state index in [0.717, 1.165) is 12.2 Å². The van der Waals surface area contributed by atoms with Crippen molar-refractivity contribution in [3.8, 4) is 0 Å². The second-order valence-corrected chi connectivity index (χ2v) is 4.72. The summed E-state index contributed by atoms with van der Waals surface area (Å²) >= 11 is 0. The maximum atomic E-state index is 12.0. The quantitative estimate of drug-likeness (QED) is 0.688. The van der Waals surface area contributed by atoms with Gasteiger partial charge in [-0.15, -0.1) is 0 Å². The van der Waals surface area contributed by atoms with Crippen LogP contribution in [0.25, 0.3) is 0 Å². The highest BCUT2D eigenvalue weighted by atomic mass is 16.2. The summed E-state index contributed by atoms with van der Waals surface area (Å²) in [5.41, 5.74) is 0.744. The summed E-state index contributed by atoms with van der Waals surface area (Å²) in [6.45, 7) is 0.994. The number of amides is 1. The summed E-state index contributed by atoms with van der Waals surface area (Å²) in [5, 5.41) is 12.7. The molecule has 1 aliphatic carbocycles. The van der Waals surface area contributed by atoms with Crippen molar-refractivity contribution >= 4 is 11.6 Å². The van der Waals surface area contributed by atoms with Gasteiger partial charge < -0.3 is 10.6 Å². The molecule has 2 aliphatic rings. The first-order valence-corrected chi connectivity index (χ1v) is 5.87. The van der Waals surface area contributed by atoms with E-state index < -0.39 is 0 Å². The molecule has 3 rings (SSSR count). The summed E-state index contributed by atoms with van der Waals surface area (Å²) < 4.78 is 0. The molecular formula is C11H16N4O. The standard InChI is InChI=1S/C11H16N4O/c16-11(15-8-5-13-14-6-8)10-9-3-1-2-7(9)4-12-10/h5-7,9-10,12H,1-4H2,(H,13,14)(H,15,16). The third kappa shape index (κ3) is 1.61. The summed E-state index contributed by atoms with van der Waals surface area (Å²) in [4.78, 5) is 12.0. The molecule has 3 unspecified atom stereocenters. The molecule has 5 nitrogen and oxygen atoms in total. The highest BCUT2D eigenvalue weighted by molar-refractivity contribution is 5.95. The Kier molecular flexibility index (Phi) is 2.40. The normalized spacial score (nSPS) is 32.6. The van der Waals surface area contributed by atoms with E-state index in [0.29, 0.717) is 11.8 Å². The third-order valence-electron chi connectivity index (χ3n) is 3.79. The summed E-state index contributed by atoms with van der Waals surface area (Å²) in [5.74, 6) is 1.32. The second-order valence-electron chi connectivity index (χ2n) is 4.72. The maximum Gasteiger partial charge on any atom is 0.241 e. The van der Waals surface area contributed by atoms with E-state index in [4.69, 9.17) is 0 Å². The minimum absolute atomic E-state index is 0.0117. The van der Waals surface area contributed by atoms with Gasteiger partial charge in [0.25, 0.3) is 0 Å². The van der Waals surface area contributed by atoms with Crippen LogP contribution in [0.2, 0.25) is 0 Å². The Morgan fingerprint density at radius 1 is 1.50 bits per heavy atom. The molecule has 3 N–H and O–H groups in total. The number of nitrogens with one attached hydrogen (secondary N) is 3. The van der Waals surface area contributed by atoms with Crippen molar-refractivity contribution in [1.82, 2.24) is 15.5 Å². The number of anilines is 1. The van der Waals surface area contributed by atoms with E-state index >= 15 is 0 Å². The zero-order valence-corrected chi connectivity index (χ0v) is 9.07. The van der Waals surface area contributed by atoms with E-state index in [-0.39, 0.29) is 11.9 Å². The van der Waals surface area contributed by atoms with Crippen LogP contribution in [-0.2, 0) is 4.79 Å². The summed E-state index contributed by atoms with van der Waals surface area (Å²) in [7, 11) is 0. The van der Waals surface area contributed by atoms with Crippen LogP contribution >= 0.6 is 0 Å². The topological polar surface area (TPSA) is 69.8 Å². The van der Waals surface area contributed by atoms with E-state index in [1.807, 2.05) is 0 Å². The van der Waals surface area contributed by atoms with Crippen molar-refractivity contribution in [2.45, 2.75) is 25.3 Å². The first-order valence-electron chi connectivity index (χ1n) is 5.87. The van der Waals surface area contributed by atoms with E-state index in [1.54, 1.807) is 12.4 Å². The van der Waals surface area contributed by atoms with E-state index in [9.17, 15) is 4.79 Å². The van der Waals surface area contributed by atoms with Gasteiger partial charge in [-0.05, 0) is 31.2 Å². The molecule has 0 aromatic carbocycles. The van der Waals surface area contributed by atoms with Crippen molar-refractivity contribution in [1.29, 1.82) is 0 Å². The van der Waals surface area contributed by atoms with Gasteiger partial charge in [-0.2, -0.15) is 5.10 Å². The molecule has 5 heteroatoms.